The number of β-amino-alcohol motifs (C(OH)–C–C–N with tert-alkyl or cyclic N) is 1. The van der Waals surface area contributed by atoms with Gasteiger partial charge in [-0.3, -0.25) is 4.90 Å². The van der Waals surface area contributed by atoms with Crippen molar-refractivity contribution < 1.29 is 9.53 Å². The summed E-state index contributed by atoms with van der Waals surface area (Å²) in [6.45, 7) is 21.7. The third kappa shape index (κ3) is 5.77. The van der Waals surface area contributed by atoms with E-state index in [1.807, 2.05) is 6.08 Å². The average molecular weight is 288 g/mol. The molecule has 0 aliphatic carbocycles. The summed E-state index contributed by atoms with van der Waals surface area (Å²) in [5.74, 6) is 0. The zero-order valence-electron chi connectivity index (χ0n) is 13.9. The molecule has 0 spiro atoms. The molecular weight excluding hydrogens is 254 g/mol. The Balaban J connectivity index is 4.70. The van der Waals surface area contributed by atoms with Crippen LogP contribution in [0.2, 0.25) is 18.1 Å². The number of rotatable bonds is 8. The first-order valence-corrected chi connectivity index (χ1v) is 9.99. The van der Waals surface area contributed by atoms with Gasteiger partial charge in [-0.1, -0.05) is 26.8 Å². The van der Waals surface area contributed by atoms with Crippen LogP contribution in [0.4, 0.5) is 0 Å². The van der Waals surface area contributed by atoms with Crippen LogP contribution in [0.5, 0.6) is 0 Å². The molecule has 0 rings (SSSR count). The SMILES string of the molecule is C=CCN(CCO)C(C)(C)CO[Si](C)(C)C(C)(C)C. The van der Waals surface area contributed by atoms with Crippen LogP contribution in [0.3, 0.4) is 0 Å². The highest BCUT2D eigenvalue weighted by Gasteiger charge is 2.39. The Kier molecular flexibility index (Phi) is 6.96. The Bertz CT molecular complexity index is 282. The van der Waals surface area contributed by atoms with Crippen molar-refractivity contribution in [3.05, 3.63) is 12.7 Å². The van der Waals surface area contributed by atoms with Crippen molar-refractivity contribution in [2.24, 2.45) is 0 Å². The second-order valence-corrected chi connectivity index (χ2v) is 12.1. The lowest BCUT2D eigenvalue weighted by Crippen LogP contribution is -2.52. The van der Waals surface area contributed by atoms with Crippen LogP contribution in [-0.4, -0.2) is 50.2 Å². The first-order chi connectivity index (χ1) is 8.48. The quantitative estimate of drug-likeness (QED) is 0.549. The molecule has 0 unspecified atom stereocenters. The molecule has 0 aromatic rings. The largest absolute Gasteiger partial charge is 0.415 e. The van der Waals surface area contributed by atoms with Gasteiger partial charge in [0, 0.05) is 18.6 Å². The smallest absolute Gasteiger partial charge is 0.192 e. The molecule has 0 heterocycles. The van der Waals surface area contributed by atoms with Crippen molar-refractivity contribution >= 4 is 8.32 Å². The third-order valence-electron chi connectivity index (χ3n) is 4.17. The topological polar surface area (TPSA) is 32.7 Å². The minimum absolute atomic E-state index is 0.0908. The minimum atomic E-state index is -1.72. The molecule has 0 saturated heterocycles. The monoisotopic (exact) mass is 287 g/mol. The number of hydrogen-bond donors (Lipinski definition) is 1. The fourth-order valence-electron chi connectivity index (χ4n) is 1.58. The molecule has 0 radical (unpaired) electrons. The molecule has 0 aromatic heterocycles. The standard InChI is InChI=1S/C15H33NO2Si/c1-9-10-16(11-12-17)15(5,6)13-18-19(7,8)14(2,3)4/h9,17H,1,10-13H2,2-8H3. The van der Waals surface area contributed by atoms with E-state index in [1.54, 1.807) is 0 Å². The molecule has 0 aromatic carbocycles. The van der Waals surface area contributed by atoms with Crippen LogP contribution in [0.15, 0.2) is 12.7 Å². The number of aliphatic hydroxyl groups is 1. The zero-order valence-corrected chi connectivity index (χ0v) is 14.9. The lowest BCUT2D eigenvalue weighted by atomic mass is 10.0. The van der Waals surface area contributed by atoms with Crippen LogP contribution >= 0.6 is 0 Å². The fourth-order valence-corrected chi connectivity index (χ4v) is 2.73. The molecule has 0 aliphatic heterocycles. The summed E-state index contributed by atoms with van der Waals surface area (Å²) in [4.78, 5) is 2.22. The van der Waals surface area contributed by atoms with E-state index in [4.69, 9.17) is 4.43 Å². The second-order valence-electron chi connectivity index (χ2n) is 7.32. The van der Waals surface area contributed by atoms with Gasteiger partial charge < -0.3 is 9.53 Å². The predicted molar refractivity (Wildman–Crippen MR) is 86.1 cm³/mol. The molecule has 0 bridgehead atoms. The molecule has 0 fully saturated rings. The van der Waals surface area contributed by atoms with Gasteiger partial charge in [-0.05, 0) is 32.0 Å². The fraction of sp³-hybridized carbons (Fsp3) is 0.867. The molecular formula is C15H33NO2Si. The Morgan fingerprint density at radius 3 is 2.11 bits per heavy atom. The van der Waals surface area contributed by atoms with E-state index < -0.39 is 8.32 Å². The summed E-state index contributed by atoms with van der Waals surface area (Å²) in [5.41, 5.74) is -0.0908. The summed E-state index contributed by atoms with van der Waals surface area (Å²) in [5, 5.41) is 9.40. The molecule has 0 amide bonds. The van der Waals surface area contributed by atoms with E-state index in [9.17, 15) is 5.11 Å². The summed E-state index contributed by atoms with van der Waals surface area (Å²) >= 11 is 0. The van der Waals surface area contributed by atoms with Gasteiger partial charge in [0.25, 0.3) is 0 Å². The van der Waals surface area contributed by atoms with Gasteiger partial charge in [-0.25, -0.2) is 0 Å². The highest BCUT2D eigenvalue weighted by atomic mass is 28.4. The lowest BCUT2D eigenvalue weighted by Gasteiger charge is -2.43. The van der Waals surface area contributed by atoms with Gasteiger partial charge in [-0.15, -0.1) is 6.58 Å². The van der Waals surface area contributed by atoms with Gasteiger partial charge in [0.2, 0.25) is 0 Å². The molecule has 0 saturated carbocycles. The molecule has 3 nitrogen and oxygen atoms in total. The molecule has 1 N–H and O–H groups in total. The molecule has 19 heavy (non-hydrogen) atoms. The normalized spacial score (nSPS) is 13.9. The van der Waals surface area contributed by atoms with Crippen molar-refractivity contribution in [1.82, 2.24) is 4.90 Å². The van der Waals surface area contributed by atoms with Crippen molar-refractivity contribution in [3.8, 4) is 0 Å². The molecule has 0 aliphatic rings. The minimum Gasteiger partial charge on any atom is -0.415 e. The Morgan fingerprint density at radius 2 is 1.74 bits per heavy atom. The third-order valence-corrected chi connectivity index (χ3v) is 8.65. The maximum atomic E-state index is 9.18. The van der Waals surface area contributed by atoms with E-state index in [1.165, 1.54) is 0 Å². The second kappa shape index (κ2) is 7.02. The van der Waals surface area contributed by atoms with E-state index >= 15 is 0 Å². The van der Waals surface area contributed by atoms with Crippen molar-refractivity contribution in [2.45, 2.75) is 58.3 Å². The first kappa shape index (κ1) is 18.8. The predicted octanol–water partition coefficient (Wildman–Crippen LogP) is 3.27. The highest BCUT2D eigenvalue weighted by molar-refractivity contribution is 6.74. The number of nitrogens with zero attached hydrogens (tertiary/aromatic N) is 1. The summed E-state index contributed by atoms with van der Waals surface area (Å²) in [7, 11) is -1.72. The van der Waals surface area contributed by atoms with E-state index in [2.05, 4.69) is 59.2 Å². The molecule has 114 valence electrons. The van der Waals surface area contributed by atoms with E-state index in [0.717, 1.165) is 6.54 Å². The van der Waals surface area contributed by atoms with Crippen molar-refractivity contribution in [3.63, 3.8) is 0 Å². The Morgan fingerprint density at radius 1 is 1.21 bits per heavy atom. The number of aliphatic hydroxyl groups excluding tert-OH is 1. The maximum absolute atomic E-state index is 9.18. The van der Waals surface area contributed by atoms with Gasteiger partial charge in [0.05, 0.1) is 13.2 Å². The van der Waals surface area contributed by atoms with Crippen LogP contribution < -0.4 is 0 Å². The number of hydrogen-bond acceptors (Lipinski definition) is 3. The zero-order chi connectivity index (χ0) is 15.3. The van der Waals surface area contributed by atoms with Gasteiger partial charge >= 0.3 is 0 Å². The van der Waals surface area contributed by atoms with E-state index in [-0.39, 0.29) is 17.2 Å². The maximum Gasteiger partial charge on any atom is 0.192 e. The van der Waals surface area contributed by atoms with Crippen molar-refractivity contribution in [1.29, 1.82) is 0 Å². The highest BCUT2D eigenvalue weighted by Crippen LogP contribution is 2.37. The Labute approximate surface area is 120 Å². The lowest BCUT2D eigenvalue weighted by molar-refractivity contribution is 0.0569. The van der Waals surface area contributed by atoms with Gasteiger partial charge in [0.15, 0.2) is 8.32 Å². The summed E-state index contributed by atoms with van der Waals surface area (Å²) in [6, 6.07) is 0. The van der Waals surface area contributed by atoms with Gasteiger partial charge in [-0.2, -0.15) is 0 Å². The van der Waals surface area contributed by atoms with E-state index in [0.29, 0.717) is 13.2 Å². The average Bonchev–Trinajstić information content (AvgIpc) is 2.25. The Hall–Kier alpha value is -0.163. The van der Waals surface area contributed by atoms with Crippen molar-refractivity contribution in [2.75, 3.05) is 26.3 Å². The van der Waals surface area contributed by atoms with Crippen LogP contribution in [0, 0.1) is 0 Å². The van der Waals surface area contributed by atoms with Crippen LogP contribution in [0.25, 0.3) is 0 Å². The molecule has 0 atom stereocenters. The summed E-state index contributed by atoms with van der Waals surface area (Å²) in [6.07, 6.45) is 1.88. The summed E-state index contributed by atoms with van der Waals surface area (Å²) < 4.78 is 6.31. The molecule has 4 heteroatoms. The van der Waals surface area contributed by atoms with Crippen LogP contribution in [0.1, 0.15) is 34.6 Å². The van der Waals surface area contributed by atoms with Crippen LogP contribution in [-0.2, 0) is 4.43 Å². The van der Waals surface area contributed by atoms with Gasteiger partial charge in [0.1, 0.15) is 0 Å². The first-order valence-electron chi connectivity index (χ1n) is 7.09.